The lowest BCUT2D eigenvalue weighted by molar-refractivity contribution is -0.195. The number of ketones is 2. The lowest BCUT2D eigenvalue weighted by Crippen LogP contribution is -2.15. The smallest absolute Gasteiger partial charge is 0.396 e. The fourth-order valence-corrected chi connectivity index (χ4v) is 15.2. The van der Waals surface area contributed by atoms with Crippen molar-refractivity contribution in [3.63, 3.8) is 0 Å². The Morgan fingerprint density at radius 2 is 1.07 bits per heavy atom. The van der Waals surface area contributed by atoms with Gasteiger partial charge in [-0.25, -0.2) is 72.4 Å². The van der Waals surface area contributed by atoms with Gasteiger partial charge in [-0.2, -0.15) is 46.0 Å². The SMILES string of the molecule is CCC(=O)Nc1nc(N=Nc2ccc(S(N)(=O)=O)c3nsnc23)ccc1O.NOOSc1cc(S(N)(=O)=O)c2nsnc2c1N=Nc1cc(Cl)c(O)c(Cl)c1.[C-]#[N+]C(N=Nc1cc(Cl)c(S(N)(=O)=O)c2nsnc12)C(=O)c1ccccc1.[C-]#[N+]C(N=Nc1ccc(S(N)(=O)=O)c2nsnc12)C(=O)c1ccccn1. The molecule has 0 saturated carbocycles. The first-order valence-electron chi connectivity index (χ1n) is 28.4. The van der Waals surface area contributed by atoms with E-state index in [1.165, 1.54) is 72.9 Å². The number of Topliss-reactive ketones (excluding diaryl/α,β-unsaturated/α-hetero) is 2. The van der Waals surface area contributed by atoms with Crippen molar-refractivity contribution >= 4 is 236 Å². The van der Waals surface area contributed by atoms with Gasteiger partial charge in [0.1, 0.15) is 92.2 Å². The number of hydrogen-bond donors (Lipinski definition) is 8. The van der Waals surface area contributed by atoms with Crippen LogP contribution < -0.4 is 31.8 Å². The molecule has 0 fully saturated rings. The highest BCUT2D eigenvalue weighted by Gasteiger charge is 2.30. The first-order valence-corrected chi connectivity index (χ1v) is 39.4. The zero-order valence-electron chi connectivity index (χ0n) is 53.2. The molecule has 0 aliphatic rings. The van der Waals surface area contributed by atoms with Crippen molar-refractivity contribution in [1.29, 1.82) is 0 Å². The number of carbonyl (C=O) groups is 3. The summed E-state index contributed by atoms with van der Waals surface area (Å²) in [5.41, 5.74) is 2.00. The molecule has 41 nitrogen and oxygen atoms in total. The van der Waals surface area contributed by atoms with Crippen molar-refractivity contribution in [3.8, 4) is 11.5 Å². The number of azo groups is 4. The van der Waals surface area contributed by atoms with Gasteiger partial charge in [-0.05, 0) is 72.8 Å². The molecular formula is C55H39Cl3N26O15S9. The van der Waals surface area contributed by atoms with Crippen LogP contribution in [0.25, 0.3) is 53.8 Å². The minimum Gasteiger partial charge on any atom is -0.505 e. The molecule has 0 aliphatic heterocycles. The Balaban J connectivity index is 0.000000166. The molecule has 6 heterocycles. The van der Waals surface area contributed by atoms with E-state index in [4.69, 9.17) is 74.4 Å². The number of hydrogen-bond acceptors (Lipinski definition) is 39. The van der Waals surface area contributed by atoms with E-state index >= 15 is 0 Å². The highest BCUT2D eigenvalue weighted by molar-refractivity contribution is 7.95. The van der Waals surface area contributed by atoms with Crippen molar-refractivity contribution in [1.82, 2.24) is 45.0 Å². The number of amides is 1. The summed E-state index contributed by atoms with van der Waals surface area (Å²) < 4.78 is 130. The maximum absolute atomic E-state index is 12.3. The normalized spacial score (nSPS) is 12.5. The van der Waals surface area contributed by atoms with Crippen LogP contribution in [-0.2, 0) is 54.2 Å². The number of fused-ring (bicyclic) bond motifs is 4. The van der Waals surface area contributed by atoms with Gasteiger partial charge in [0.15, 0.2) is 23.1 Å². The number of rotatable bonds is 21. The predicted molar refractivity (Wildman–Crippen MR) is 393 cm³/mol. The average molecular weight is 1700 g/mol. The summed E-state index contributed by atoms with van der Waals surface area (Å²) in [4.78, 5) is 53.5. The average Bonchev–Trinajstić information content (AvgIpc) is 1.54. The Bertz CT molecular complexity index is 6170. The number of anilines is 1. The molecule has 6 aromatic carbocycles. The third kappa shape index (κ3) is 20.0. The molecule has 12 rings (SSSR count). The fourth-order valence-electron chi connectivity index (χ4n) is 8.35. The van der Waals surface area contributed by atoms with E-state index in [1.54, 1.807) is 49.4 Å². The van der Waals surface area contributed by atoms with E-state index in [-0.39, 0.29) is 153 Å². The lowest BCUT2D eigenvalue weighted by atomic mass is 10.1. The fraction of sp³-hybridized carbons (Fsp3) is 0.0727. The Kier molecular flexibility index (Phi) is 26.7. The molecule has 1 amide bonds. The third-order valence-electron chi connectivity index (χ3n) is 13.2. The molecule has 12 aromatic rings. The number of nitrogens with zero attached hydrogens (tertiary/aromatic N) is 20. The van der Waals surface area contributed by atoms with Gasteiger partial charge in [0.05, 0.1) is 84.6 Å². The van der Waals surface area contributed by atoms with Crippen LogP contribution in [0.3, 0.4) is 0 Å². The van der Waals surface area contributed by atoms with Crippen LogP contribution >= 0.6 is 93.8 Å². The monoisotopic (exact) mass is 1700 g/mol. The van der Waals surface area contributed by atoms with Gasteiger partial charge in [-0.1, -0.05) is 88.4 Å². The number of aromatic nitrogens is 10. The van der Waals surface area contributed by atoms with Gasteiger partial charge in [0.25, 0.3) is 11.6 Å². The summed E-state index contributed by atoms with van der Waals surface area (Å²) in [6, 6.07) is 25.9. The van der Waals surface area contributed by atoms with E-state index < -0.39 is 64.0 Å². The molecule has 0 saturated heterocycles. The number of nitrogens with one attached hydrogen (secondary N) is 1. The maximum atomic E-state index is 12.3. The molecule has 0 aliphatic carbocycles. The second-order valence-electron chi connectivity index (χ2n) is 20.2. The van der Waals surface area contributed by atoms with Crippen molar-refractivity contribution in [2.24, 2.45) is 67.4 Å². The number of sulfonamides is 4. The van der Waals surface area contributed by atoms with E-state index in [1.807, 2.05) is 0 Å². The summed E-state index contributed by atoms with van der Waals surface area (Å²) in [5, 5.41) is 73.5. The molecule has 6 aromatic heterocycles. The van der Waals surface area contributed by atoms with Crippen molar-refractivity contribution in [2.75, 3.05) is 5.32 Å². The quantitative estimate of drug-likeness (QED) is 0.00827. The minimum atomic E-state index is -4.13. The van der Waals surface area contributed by atoms with Crippen LogP contribution in [0.4, 0.5) is 40.1 Å². The number of pyridine rings is 2. The van der Waals surface area contributed by atoms with Gasteiger partial charge in [-0.15, -0.1) is 34.9 Å². The number of nitrogens with two attached hydrogens (primary N) is 5. The summed E-state index contributed by atoms with van der Waals surface area (Å²) in [5.74, 6) is 2.97. The van der Waals surface area contributed by atoms with E-state index in [0.29, 0.717) is 17.6 Å². The predicted octanol–water partition coefficient (Wildman–Crippen LogP) is 10.9. The highest BCUT2D eigenvalue weighted by Crippen LogP contribution is 2.43. The molecule has 2 atom stereocenters. The van der Waals surface area contributed by atoms with E-state index in [0.717, 1.165) is 46.9 Å². The van der Waals surface area contributed by atoms with Crippen LogP contribution in [0, 0.1) is 13.1 Å². The molecule has 2 unspecified atom stereocenters. The second kappa shape index (κ2) is 35.4. The van der Waals surface area contributed by atoms with E-state index in [2.05, 4.69) is 110 Å². The zero-order chi connectivity index (χ0) is 78.4. The Labute approximate surface area is 641 Å². The molecule has 108 heavy (non-hydrogen) atoms. The first kappa shape index (κ1) is 81.5. The number of phenolic OH excluding ortho intramolecular Hbond substituents is 1. The van der Waals surface area contributed by atoms with Crippen molar-refractivity contribution < 1.29 is 67.6 Å². The van der Waals surface area contributed by atoms with Crippen LogP contribution in [0.5, 0.6) is 11.5 Å². The highest BCUT2D eigenvalue weighted by atomic mass is 35.5. The summed E-state index contributed by atoms with van der Waals surface area (Å²) in [6.45, 7) is 16.0. The van der Waals surface area contributed by atoms with E-state index in [9.17, 15) is 58.3 Å². The topological polar surface area (TPSA) is 625 Å². The van der Waals surface area contributed by atoms with Crippen LogP contribution in [0.15, 0.2) is 181 Å². The molecule has 13 N–H and O–H groups in total. The third-order valence-corrected chi connectivity index (χ3v) is 20.7. The molecule has 0 bridgehead atoms. The Morgan fingerprint density at radius 1 is 0.565 bits per heavy atom. The second-order valence-corrected chi connectivity index (χ2v) is 30.4. The van der Waals surface area contributed by atoms with Gasteiger partial charge >= 0.3 is 12.3 Å². The van der Waals surface area contributed by atoms with Gasteiger partial charge < -0.3 is 15.5 Å². The molecule has 53 heteroatoms. The Morgan fingerprint density at radius 3 is 1.60 bits per heavy atom. The van der Waals surface area contributed by atoms with Crippen molar-refractivity contribution in [2.45, 2.75) is 50.2 Å². The largest absolute Gasteiger partial charge is 0.505 e. The lowest BCUT2D eigenvalue weighted by Gasteiger charge is -2.07. The summed E-state index contributed by atoms with van der Waals surface area (Å²) in [6.07, 6.45) is -1.16. The summed E-state index contributed by atoms with van der Waals surface area (Å²) >= 11 is 21.4. The number of carbonyl (C=O) groups excluding carboxylic acids is 3. The maximum Gasteiger partial charge on any atom is 0.396 e. The molecule has 0 radical (unpaired) electrons. The summed E-state index contributed by atoms with van der Waals surface area (Å²) in [7, 11) is -16.2. The minimum absolute atomic E-state index is 0.0150. The molecule has 554 valence electrons. The van der Waals surface area contributed by atoms with Crippen LogP contribution in [-0.4, -0.2) is 119 Å². The van der Waals surface area contributed by atoms with Gasteiger partial charge in [0, 0.05) is 18.2 Å². The first-order chi connectivity index (χ1) is 51.2. The standard InChI is InChI=1S/C15H9ClN6O3S2.C14H13N7O4S2.C14H9N7O3S2.C12H8Cl2N6O5S3/c1-18-15(13(23)8-5-3-2-4-6-8)20-19-10-7-9(16)14(27(17,24)25)12-11(10)21-26-22-12;1-2-11(23)17-14-8(22)4-6-10(16-14)19-18-7-3-5-9(27(15,24)25)13-12(7)20-26-21-13;1-16-14(13(22)9-4-2-3-7-17-9)19-18-8-5-6-10(26(15,23)24)12-11(8)20-25-21-12;13-5-1-4(2-6(14)12(5)21)17-18-9-7(26-25-24-15)3-8(28(16,22)23)10-11(9)20-27-19-10/h2-7,15H,(H2,17,24,25);3-6,22H,2H2,1H3,(H2,15,24,25)(H,16,17,23);2-7,14H,(H2,15,23,24);1-3,21H,15H2,(H2,16,22,23). The Hall–Kier alpha value is -10.6. The molecule has 0 spiro atoms. The van der Waals surface area contributed by atoms with Crippen LogP contribution in [0.1, 0.15) is 34.2 Å². The number of aromatic hydroxyl groups is 2. The number of primary sulfonamides is 4. The van der Waals surface area contributed by atoms with Crippen LogP contribution in [0.2, 0.25) is 15.1 Å². The van der Waals surface area contributed by atoms with Gasteiger partial charge in [0.2, 0.25) is 46.0 Å². The van der Waals surface area contributed by atoms with Gasteiger partial charge in [-0.3, -0.25) is 29.1 Å². The zero-order valence-corrected chi connectivity index (χ0v) is 62.8. The number of phenols is 1. The number of halogens is 3. The molecular weight excluding hydrogens is 1660 g/mol. The van der Waals surface area contributed by atoms with Crippen molar-refractivity contribution in [3.05, 3.63) is 165 Å². The number of benzene rings is 6.